The Bertz CT molecular complexity index is 778. The fourth-order valence-corrected chi connectivity index (χ4v) is 2.72. The van der Waals surface area contributed by atoms with Gasteiger partial charge in [0, 0.05) is 50.6 Å². The van der Waals surface area contributed by atoms with Crippen molar-refractivity contribution in [2.45, 2.75) is 6.54 Å². The molecule has 3 rings (SSSR count). The number of H-pyrrole nitrogens is 1. The van der Waals surface area contributed by atoms with Gasteiger partial charge in [0.2, 0.25) is 5.56 Å². The van der Waals surface area contributed by atoms with Crippen molar-refractivity contribution in [3.63, 3.8) is 0 Å². The lowest BCUT2D eigenvalue weighted by molar-refractivity contribution is 0.0627. The minimum atomic E-state index is -1.02. The van der Waals surface area contributed by atoms with Crippen molar-refractivity contribution < 1.29 is 13.6 Å². The average Bonchev–Trinajstić information content (AvgIpc) is 2.59. The number of nitrogens with one attached hydrogen (secondary N) is 1. The number of pyridine rings is 1. The number of carbonyl (C=O) groups excluding carboxylic acids is 1. The van der Waals surface area contributed by atoms with Gasteiger partial charge in [0.05, 0.1) is 0 Å². The summed E-state index contributed by atoms with van der Waals surface area (Å²) in [5.74, 6) is -2.27. The van der Waals surface area contributed by atoms with E-state index in [2.05, 4.69) is 9.88 Å². The lowest BCUT2D eigenvalue weighted by atomic mass is 10.1. The van der Waals surface area contributed by atoms with Crippen LogP contribution in [0.15, 0.2) is 41.3 Å². The zero-order chi connectivity index (χ0) is 17.1. The summed E-state index contributed by atoms with van der Waals surface area (Å²) in [6.45, 7) is 3.06. The smallest absolute Gasteiger partial charge is 0.254 e. The second-order valence-corrected chi connectivity index (χ2v) is 5.76. The molecule has 1 fully saturated rings. The van der Waals surface area contributed by atoms with Crippen molar-refractivity contribution in [3.05, 3.63) is 69.6 Å². The highest BCUT2D eigenvalue weighted by atomic mass is 19.2. The number of halogens is 2. The van der Waals surface area contributed by atoms with E-state index in [1.807, 2.05) is 0 Å². The highest BCUT2D eigenvalue weighted by Crippen LogP contribution is 2.13. The van der Waals surface area contributed by atoms with E-state index in [1.54, 1.807) is 17.2 Å². The van der Waals surface area contributed by atoms with E-state index in [0.717, 1.165) is 17.7 Å². The van der Waals surface area contributed by atoms with E-state index in [1.165, 1.54) is 12.1 Å². The van der Waals surface area contributed by atoms with Crippen molar-refractivity contribution in [2.75, 3.05) is 26.2 Å². The molecule has 126 valence electrons. The molecule has 1 aliphatic heterocycles. The highest BCUT2D eigenvalue weighted by Gasteiger charge is 2.22. The van der Waals surface area contributed by atoms with Gasteiger partial charge in [-0.25, -0.2) is 8.78 Å². The molecule has 0 atom stereocenters. The first-order valence-corrected chi connectivity index (χ1v) is 7.67. The summed E-state index contributed by atoms with van der Waals surface area (Å²) in [6, 6.07) is 6.46. The predicted octanol–water partition coefficient (Wildman–Crippen LogP) is 1.61. The molecule has 0 spiro atoms. The Hall–Kier alpha value is -2.54. The van der Waals surface area contributed by atoms with Crippen LogP contribution in [0.1, 0.15) is 15.9 Å². The normalized spacial score (nSPS) is 15.5. The van der Waals surface area contributed by atoms with Gasteiger partial charge in [-0.3, -0.25) is 14.5 Å². The second-order valence-electron chi connectivity index (χ2n) is 5.76. The topological polar surface area (TPSA) is 56.4 Å². The molecule has 1 aromatic carbocycles. The van der Waals surface area contributed by atoms with E-state index in [4.69, 9.17) is 0 Å². The molecule has 24 heavy (non-hydrogen) atoms. The molecule has 1 aliphatic rings. The minimum Gasteiger partial charge on any atom is -0.336 e. The maximum Gasteiger partial charge on any atom is 0.254 e. The Labute approximate surface area is 137 Å². The van der Waals surface area contributed by atoms with Crippen LogP contribution in [0, 0.1) is 11.6 Å². The number of hydrogen-bond acceptors (Lipinski definition) is 3. The number of carbonyl (C=O) groups is 1. The Balaban J connectivity index is 1.58. The fourth-order valence-electron chi connectivity index (χ4n) is 2.72. The largest absolute Gasteiger partial charge is 0.336 e. The molecular formula is C17H17F2N3O2. The third-order valence-corrected chi connectivity index (χ3v) is 4.08. The van der Waals surface area contributed by atoms with Crippen molar-refractivity contribution in [1.29, 1.82) is 0 Å². The molecule has 7 heteroatoms. The van der Waals surface area contributed by atoms with Crippen molar-refractivity contribution in [1.82, 2.24) is 14.8 Å². The number of rotatable bonds is 3. The van der Waals surface area contributed by atoms with Gasteiger partial charge < -0.3 is 9.88 Å². The highest BCUT2D eigenvalue weighted by molar-refractivity contribution is 5.94. The first-order valence-electron chi connectivity index (χ1n) is 7.67. The van der Waals surface area contributed by atoms with Crippen LogP contribution in [-0.4, -0.2) is 46.9 Å². The first kappa shape index (κ1) is 16.3. The fraction of sp³-hybridized carbons (Fsp3) is 0.294. The Kier molecular flexibility index (Phi) is 4.71. The standard InChI is InChI=1S/C17H17F2N3O2/c18-14-3-2-13(9-15(14)19)17(24)22-7-5-21(6-8-22)11-12-1-4-16(23)20-10-12/h1-4,9-10H,5-8,11H2,(H,20,23). The van der Waals surface area contributed by atoms with Gasteiger partial charge in [-0.05, 0) is 23.8 Å². The molecule has 2 heterocycles. The molecule has 0 aliphatic carbocycles. The van der Waals surface area contributed by atoms with E-state index >= 15 is 0 Å². The average molecular weight is 333 g/mol. The molecule has 0 saturated carbocycles. The number of aromatic nitrogens is 1. The number of piperazine rings is 1. The lowest BCUT2D eigenvalue weighted by Crippen LogP contribution is -2.48. The Morgan fingerprint density at radius 1 is 1.04 bits per heavy atom. The molecule has 1 saturated heterocycles. The van der Waals surface area contributed by atoms with Crippen LogP contribution in [0.2, 0.25) is 0 Å². The van der Waals surface area contributed by atoms with Gasteiger partial charge in [-0.1, -0.05) is 6.07 Å². The van der Waals surface area contributed by atoms with Crippen LogP contribution in [0.4, 0.5) is 8.78 Å². The number of aromatic amines is 1. The van der Waals surface area contributed by atoms with Gasteiger partial charge in [0.25, 0.3) is 5.91 Å². The van der Waals surface area contributed by atoms with E-state index in [-0.39, 0.29) is 17.0 Å². The van der Waals surface area contributed by atoms with Crippen LogP contribution in [-0.2, 0) is 6.54 Å². The van der Waals surface area contributed by atoms with E-state index in [0.29, 0.717) is 32.7 Å². The summed E-state index contributed by atoms with van der Waals surface area (Å²) in [5, 5.41) is 0. The monoisotopic (exact) mass is 333 g/mol. The second kappa shape index (κ2) is 6.92. The zero-order valence-corrected chi connectivity index (χ0v) is 13.0. The van der Waals surface area contributed by atoms with E-state index < -0.39 is 11.6 Å². The summed E-state index contributed by atoms with van der Waals surface area (Å²) in [5.41, 5.74) is 1.01. The number of hydrogen-bond donors (Lipinski definition) is 1. The molecule has 0 unspecified atom stereocenters. The van der Waals surface area contributed by atoms with Gasteiger partial charge in [-0.2, -0.15) is 0 Å². The molecule has 0 bridgehead atoms. The van der Waals surface area contributed by atoms with Gasteiger partial charge in [-0.15, -0.1) is 0 Å². The van der Waals surface area contributed by atoms with Crippen molar-refractivity contribution in [3.8, 4) is 0 Å². The van der Waals surface area contributed by atoms with Crippen LogP contribution < -0.4 is 5.56 Å². The Morgan fingerprint density at radius 3 is 2.42 bits per heavy atom. The zero-order valence-electron chi connectivity index (χ0n) is 13.0. The lowest BCUT2D eigenvalue weighted by Gasteiger charge is -2.34. The van der Waals surface area contributed by atoms with Crippen LogP contribution in [0.5, 0.6) is 0 Å². The molecule has 1 aromatic heterocycles. The third-order valence-electron chi connectivity index (χ3n) is 4.08. The maximum atomic E-state index is 13.3. The quantitative estimate of drug-likeness (QED) is 0.928. The summed E-state index contributed by atoms with van der Waals surface area (Å²) >= 11 is 0. The number of nitrogens with zero attached hydrogens (tertiary/aromatic N) is 2. The third kappa shape index (κ3) is 3.68. The molecule has 1 amide bonds. The number of amides is 1. The minimum absolute atomic E-state index is 0.138. The summed E-state index contributed by atoms with van der Waals surface area (Å²) < 4.78 is 26.2. The summed E-state index contributed by atoms with van der Waals surface area (Å²) in [4.78, 5) is 29.8. The van der Waals surface area contributed by atoms with Gasteiger partial charge >= 0.3 is 0 Å². The molecule has 0 radical (unpaired) electrons. The number of benzene rings is 1. The van der Waals surface area contributed by atoms with E-state index in [9.17, 15) is 18.4 Å². The molecular weight excluding hydrogens is 316 g/mol. The van der Waals surface area contributed by atoms with Crippen LogP contribution in [0.25, 0.3) is 0 Å². The SMILES string of the molecule is O=C(c1ccc(F)c(F)c1)N1CCN(Cc2ccc(=O)[nH]c2)CC1. The van der Waals surface area contributed by atoms with Crippen molar-refractivity contribution in [2.24, 2.45) is 0 Å². The predicted molar refractivity (Wildman–Crippen MR) is 84.6 cm³/mol. The maximum absolute atomic E-state index is 13.3. The Morgan fingerprint density at radius 2 is 1.79 bits per heavy atom. The summed E-state index contributed by atoms with van der Waals surface area (Å²) in [6.07, 6.45) is 1.68. The first-order chi connectivity index (χ1) is 11.5. The summed E-state index contributed by atoms with van der Waals surface area (Å²) in [7, 11) is 0. The molecule has 2 aromatic rings. The molecule has 1 N–H and O–H groups in total. The van der Waals surface area contributed by atoms with Crippen LogP contribution in [0.3, 0.4) is 0 Å². The van der Waals surface area contributed by atoms with Crippen LogP contribution >= 0.6 is 0 Å². The van der Waals surface area contributed by atoms with Gasteiger partial charge in [0.1, 0.15) is 0 Å². The van der Waals surface area contributed by atoms with Crippen molar-refractivity contribution >= 4 is 5.91 Å². The molecule has 5 nitrogen and oxygen atoms in total. The van der Waals surface area contributed by atoms with Gasteiger partial charge in [0.15, 0.2) is 11.6 Å².